The Kier molecular flexibility index (Phi) is 6.59. The first kappa shape index (κ1) is 20.7. The van der Waals surface area contributed by atoms with Gasteiger partial charge < -0.3 is 9.47 Å². The number of rotatable bonds is 9. The normalized spacial score (nSPS) is 13.4. The number of unbranched alkanes of at least 4 members (excludes halogenated alkanes) is 1. The highest BCUT2D eigenvalue weighted by Crippen LogP contribution is 2.30. The second-order valence-corrected chi connectivity index (χ2v) is 8.59. The van der Waals surface area contributed by atoms with E-state index in [-0.39, 0.29) is 5.91 Å². The lowest BCUT2D eigenvalue weighted by atomic mass is 10.1. The Morgan fingerprint density at radius 2 is 1.83 bits per heavy atom. The predicted octanol–water partition coefficient (Wildman–Crippen LogP) is 6.34. The molecule has 3 aromatic rings. The van der Waals surface area contributed by atoms with Gasteiger partial charge in [0, 0.05) is 35.1 Å². The molecule has 0 N–H and O–H groups in total. The summed E-state index contributed by atoms with van der Waals surface area (Å²) < 4.78 is 2.19. The molecule has 0 radical (unpaired) electrons. The van der Waals surface area contributed by atoms with E-state index in [1.165, 1.54) is 18.4 Å². The van der Waals surface area contributed by atoms with Crippen LogP contribution in [-0.2, 0) is 19.5 Å². The minimum Gasteiger partial charge on any atom is -0.345 e. The molecule has 0 spiro atoms. The predicted molar refractivity (Wildman–Crippen MR) is 123 cm³/mol. The summed E-state index contributed by atoms with van der Waals surface area (Å²) in [6.45, 7) is 3.53. The Morgan fingerprint density at radius 1 is 1.07 bits per heavy atom. The van der Waals surface area contributed by atoms with E-state index >= 15 is 0 Å². The molecule has 156 valence electrons. The minimum absolute atomic E-state index is 0.130. The van der Waals surface area contributed by atoms with Crippen LogP contribution in [0.15, 0.2) is 66.9 Å². The van der Waals surface area contributed by atoms with Crippen molar-refractivity contribution in [2.45, 2.75) is 58.2 Å². The molecular weight excluding hydrogens is 392 g/mol. The van der Waals surface area contributed by atoms with E-state index < -0.39 is 0 Å². The number of benzene rings is 2. The van der Waals surface area contributed by atoms with Crippen molar-refractivity contribution in [1.29, 1.82) is 0 Å². The highest BCUT2D eigenvalue weighted by molar-refractivity contribution is 6.31. The quantitative estimate of drug-likeness (QED) is 0.396. The van der Waals surface area contributed by atoms with Gasteiger partial charge in [-0.15, -0.1) is 0 Å². The third kappa shape index (κ3) is 4.96. The molecule has 0 bridgehead atoms. The Bertz CT molecular complexity index is 988. The molecule has 1 saturated carbocycles. The van der Waals surface area contributed by atoms with Crippen LogP contribution in [0.4, 0.5) is 0 Å². The van der Waals surface area contributed by atoms with E-state index in [9.17, 15) is 4.79 Å². The molecule has 4 heteroatoms. The van der Waals surface area contributed by atoms with E-state index in [4.69, 9.17) is 11.6 Å². The molecule has 0 aliphatic heterocycles. The highest BCUT2D eigenvalue weighted by atomic mass is 35.5. The zero-order valence-corrected chi connectivity index (χ0v) is 18.3. The third-order valence-corrected chi connectivity index (χ3v) is 6.19. The fourth-order valence-corrected chi connectivity index (χ4v) is 4.04. The monoisotopic (exact) mass is 420 g/mol. The summed E-state index contributed by atoms with van der Waals surface area (Å²) in [5.41, 5.74) is 4.31. The second kappa shape index (κ2) is 9.53. The molecule has 1 aromatic heterocycles. The minimum atomic E-state index is 0.130. The molecule has 3 nitrogen and oxygen atoms in total. The van der Waals surface area contributed by atoms with Gasteiger partial charge in [0.05, 0.1) is 6.54 Å². The van der Waals surface area contributed by atoms with Gasteiger partial charge in [0.25, 0.3) is 5.91 Å². The molecule has 0 atom stereocenters. The molecule has 4 rings (SSSR count). The molecule has 1 aliphatic rings. The number of hydrogen-bond acceptors (Lipinski definition) is 1. The number of aryl methyl sites for hydroxylation is 1. The molecule has 0 saturated heterocycles. The number of carbonyl (C=O) groups excluding carboxylic acids is 1. The first-order valence-electron chi connectivity index (χ1n) is 10.9. The van der Waals surface area contributed by atoms with Gasteiger partial charge in [-0.3, -0.25) is 4.79 Å². The highest BCUT2D eigenvalue weighted by Gasteiger charge is 2.33. The van der Waals surface area contributed by atoms with Gasteiger partial charge in [0.15, 0.2) is 0 Å². The molecule has 1 aliphatic carbocycles. The maximum absolute atomic E-state index is 13.3. The summed E-state index contributed by atoms with van der Waals surface area (Å²) in [4.78, 5) is 15.3. The molecule has 1 amide bonds. The molecule has 2 aromatic carbocycles. The van der Waals surface area contributed by atoms with Crippen molar-refractivity contribution in [3.63, 3.8) is 0 Å². The van der Waals surface area contributed by atoms with E-state index in [1.807, 2.05) is 41.3 Å². The molecule has 1 heterocycles. The van der Waals surface area contributed by atoms with Crippen LogP contribution in [0.5, 0.6) is 0 Å². The largest absolute Gasteiger partial charge is 0.345 e. The molecule has 1 fully saturated rings. The Labute approximate surface area is 184 Å². The van der Waals surface area contributed by atoms with Crippen LogP contribution in [0.3, 0.4) is 0 Å². The van der Waals surface area contributed by atoms with Gasteiger partial charge in [0.1, 0.15) is 0 Å². The number of carbonyl (C=O) groups is 1. The van der Waals surface area contributed by atoms with Gasteiger partial charge in [-0.25, -0.2) is 0 Å². The van der Waals surface area contributed by atoms with Crippen molar-refractivity contribution < 1.29 is 4.79 Å². The molecule has 30 heavy (non-hydrogen) atoms. The van der Waals surface area contributed by atoms with Crippen LogP contribution in [0.1, 0.15) is 59.8 Å². The summed E-state index contributed by atoms with van der Waals surface area (Å²) in [5, 5.41) is 0.774. The van der Waals surface area contributed by atoms with Crippen LogP contribution in [0.2, 0.25) is 5.02 Å². The van der Waals surface area contributed by atoms with Crippen LogP contribution in [0, 0.1) is 0 Å². The van der Waals surface area contributed by atoms with E-state index in [0.717, 1.165) is 41.1 Å². The van der Waals surface area contributed by atoms with Crippen molar-refractivity contribution in [1.82, 2.24) is 9.47 Å². The van der Waals surface area contributed by atoms with Crippen LogP contribution < -0.4 is 0 Å². The van der Waals surface area contributed by atoms with Crippen LogP contribution >= 0.6 is 11.6 Å². The number of amides is 1. The topological polar surface area (TPSA) is 25.2 Å². The fourth-order valence-electron chi connectivity index (χ4n) is 3.85. The first-order chi connectivity index (χ1) is 14.7. The number of halogens is 1. The van der Waals surface area contributed by atoms with Gasteiger partial charge in [-0.2, -0.15) is 0 Å². The maximum atomic E-state index is 13.3. The average Bonchev–Trinajstić information content (AvgIpc) is 3.52. The number of aromatic nitrogens is 1. The van der Waals surface area contributed by atoms with Crippen molar-refractivity contribution >= 4 is 17.5 Å². The first-order valence-corrected chi connectivity index (χ1v) is 11.3. The number of hydrogen-bond donors (Lipinski definition) is 0. The maximum Gasteiger partial charge on any atom is 0.254 e. The second-order valence-electron chi connectivity index (χ2n) is 8.18. The van der Waals surface area contributed by atoms with Gasteiger partial charge >= 0.3 is 0 Å². The lowest BCUT2D eigenvalue weighted by Crippen LogP contribution is -2.33. The van der Waals surface area contributed by atoms with E-state index in [0.29, 0.717) is 19.1 Å². The standard InChI is InChI=1S/C26H29ClN2O/c1-2-3-7-20-11-13-21(14-12-20)26(30)29(23-15-16-23)19-24-9-6-17-28(24)18-22-8-4-5-10-25(22)27/h4-6,8-14,17,23H,2-3,7,15-16,18-19H2,1H3. The summed E-state index contributed by atoms with van der Waals surface area (Å²) in [7, 11) is 0. The SMILES string of the molecule is CCCCc1ccc(C(=O)N(Cc2cccn2Cc2ccccc2Cl)C2CC2)cc1. The van der Waals surface area contributed by atoms with Gasteiger partial charge in [0.2, 0.25) is 0 Å². The van der Waals surface area contributed by atoms with Crippen molar-refractivity contribution in [2.75, 3.05) is 0 Å². The van der Waals surface area contributed by atoms with Crippen LogP contribution in [-0.4, -0.2) is 21.4 Å². The van der Waals surface area contributed by atoms with Crippen molar-refractivity contribution in [3.05, 3.63) is 94.3 Å². The van der Waals surface area contributed by atoms with Crippen molar-refractivity contribution in [3.8, 4) is 0 Å². The smallest absolute Gasteiger partial charge is 0.254 e. The third-order valence-electron chi connectivity index (χ3n) is 5.82. The Morgan fingerprint density at radius 3 is 2.53 bits per heavy atom. The van der Waals surface area contributed by atoms with Gasteiger partial charge in [-0.05, 0) is 67.1 Å². The summed E-state index contributed by atoms with van der Waals surface area (Å²) >= 11 is 6.36. The zero-order chi connectivity index (χ0) is 20.9. The zero-order valence-electron chi connectivity index (χ0n) is 17.6. The summed E-state index contributed by atoms with van der Waals surface area (Å²) in [6, 6.07) is 20.6. The molecular formula is C26H29ClN2O. The number of nitrogens with zero attached hydrogens (tertiary/aromatic N) is 2. The van der Waals surface area contributed by atoms with Gasteiger partial charge in [-0.1, -0.05) is 55.3 Å². The fraction of sp³-hybridized carbons (Fsp3) is 0.346. The van der Waals surface area contributed by atoms with Crippen molar-refractivity contribution in [2.24, 2.45) is 0 Å². The average molecular weight is 421 g/mol. The summed E-state index contributed by atoms with van der Waals surface area (Å²) in [5.74, 6) is 0.130. The van der Waals surface area contributed by atoms with E-state index in [2.05, 4.69) is 42.0 Å². The summed E-state index contributed by atoms with van der Waals surface area (Å²) in [6.07, 6.45) is 7.69. The van der Waals surface area contributed by atoms with E-state index in [1.54, 1.807) is 0 Å². The Balaban J connectivity index is 1.49. The molecule has 0 unspecified atom stereocenters. The lowest BCUT2D eigenvalue weighted by Gasteiger charge is -2.24. The Hall–Kier alpha value is -2.52. The lowest BCUT2D eigenvalue weighted by molar-refractivity contribution is 0.0726. The van der Waals surface area contributed by atoms with Crippen LogP contribution in [0.25, 0.3) is 0 Å².